The van der Waals surface area contributed by atoms with Gasteiger partial charge in [0.05, 0.1) is 23.4 Å². The number of carbonyl (C=O) groups excluding carboxylic acids is 3. The summed E-state index contributed by atoms with van der Waals surface area (Å²) in [5.74, 6) is -1.96. The lowest BCUT2D eigenvalue weighted by Crippen LogP contribution is -2.24. The summed E-state index contributed by atoms with van der Waals surface area (Å²) in [6.07, 6.45) is 0.626. The van der Waals surface area contributed by atoms with E-state index in [1.54, 1.807) is 32.5 Å². The molecule has 0 fully saturated rings. The van der Waals surface area contributed by atoms with Crippen molar-refractivity contribution < 1.29 is 19.1 Å². The van der Waals surface area contributed by atoms with Gasteiger partial charge in [0.1, 0.15) is 5.00 Å². The molecule has 2 aromatic rings. The SMILES string of the molecule is CCOC(=O)c1c(NC(=O)C(=O)c2c(C)nn(C)c2C)sc(C)c1CC. The second-order valence-electron chi connectivity index (χ2n) is 5.87. The minimum atomic E-state index is -0.793. The molecule has 7 nitrogen and oxygen atoms in total. The Labute approximate surface area is 156 Å². The van der Waals surface area contributed by atoms with Crippen LogP contribution in [0, 0.1) is 20.8 Å². The van der Waals surface area contributed by atoms with E-state index >= 15 is 0 Å². The molecule has 0 saturated carbocycles. The summed E-state index contributed by atoms with van der Waals surface area (Å²) in [5.41, 5.74) is 2.55. The average molecular weight is 377 g/mol. The third-order valence-corrected chi connectivity index (χ3v) is 5.27. The van der Waals surface area contributed by atoms with Crippen molar-refractivity contribution in [1.29, 1.82) is 0 Å². The highest BCUT2D eigenvalue weighted by Gasteiger charge is 2.28. The minimum Gasteiger partial charge on any atom is -0.462 e. The van der Waals surface area contributed by atoms with Gasteiger partial charge in [-0.05, 0) is 39.7 Å². The van der Waals surface area contributed by atoms with Crippen LogP contribution in [0.5, 0.6) is 0 Å². The molecule has 0 aromatic carbocycles. The number of nitrogens with one attached hydrogen (secondary N) is 1. The summed E-state index contributed by atoms with van der Waals surface area (Å²) in [5, 5.41) is 7.11. The Balaban J connectivity index is 2.37. The van der Waals surface area contributed by atoms with E-state index in [9.17, 15) is 14.4 Å². The molecule has 0 atom stereocenters. The molecule has 0 aliphatic rings. The van der Waals surface area contributed by atoms with Crippen molar-refractivity contribution in [2.45, 2.75) is 41.0 Å². The second-order valence-corrected chi connectivity index (χ2v) is 7.09. The second kappa shape index (κ2) is 7.82. The molecule has 26 heavy (non-hydrogen) atoms. The van der Waals surface area contributed by atoms with Crippen molar-refractivity contribution in [3.05, 3.63) is 33.0 Å². The number of aryl methyl sites for hydroxylation is 3. The number of hydrogen-bond donors (Lipinski definition) is 1. The topological polar surface area (TPSA) is 90.3 Å². The predicted molar refractivity (Wildman–Crippen MR) is 100 cm³/mol. The number of carbonyl (C=O) groups is 3. The van der Waals surface area contributed by atoms with E-state index in [4.69, 9.17) is 4.74 Å². The molecule has 0 spiro atoms. The van der Waals surface area contributed by atoms with E-state index < -0.39 is 17.7 Å². The van der Waals surface area contributed by atoms with Gasteiger partial charge < -0.3 is 10.1 Å². The minimum absolute atomic E-state index is 0.233. The van der Waals surface area contributed by atoms with Gasteiger partial charge in [0.15, 0.2) is 0 Å². The maximum atomic E-state index is 12.6. The molecule has 1 N–H and O–H groups in total. The molecule has 8 heteroatoms. The Morgan fingerprint density at radius 2 is 1.81 bits per heavy atom. The van der Waals surface area contributed by atoms with Crippen molar-refractivity contribution in [3.63, 3.8) is 0 Å². The molecular weight excluding hydrogens is 354 g/mol. The monoisotopic (exact) mass is 377 g/mol. The summed E-state index contributed by atoms with van der Waals surface area (Å²) >= 11 is 1.27. The lowest BCUT2D eigenvalue weighted by atomic mass is 10.1. The van der Waals surface area contributed by atoms with Crippen LogP contribution >= 0.6 is 11.3 Å². The van der Waals surface area contributed by atoms with Crippen molar-refractivity contribution in [3.8, 4) is 0 Å². The van der Waals surface area contributed by atoms with Crippen LogP contribution in [0.4, 0.5) is 5.00 Å². The van der Waals surface area contributed by atoms with Crippen molar-refractivity contribution >= 4 is 34.0 Å². The first-order valence-corrected chi connectivity index (χ1v) is 9.19. The molecule has 0 radical (unpaired) electrons. The fourth-order valence-corrected chi connectivity index (χ4v) is 4.02. The number of ether oxygens (including phenoxy) is 1. The number of amides is 1. The van der Waals surface area contributed by atoms with Crippen LogP contribution in [0.15, 0.2) is 0 Å². The molecule has 2 heterocycles. The van der Waals surface area contributed by atoms with E-state index in [1.165, 1.54) is 11.3 Å². The van der Waals surface area contributed by atoms with Gasteiger partial charge in [-0.1, -0.05) is 6.92 Å². The van der Waals surface area contributed by atoms with Gasteiger partial charge in [-0.3, -0.25) is 14.3 Å². The van der Waals surface area contributed by atoms with Crippen LogP contribution in [0.25, 0.3) is 0 Å². The van der Waals surface area contributed by atoms with E-state index in [0.717, 1.165) is 10.4 Å². The fourth-order valence-electron chi connectivity index (χ4n) is 2.89. The summed E-state index contributed by atoms with van der Waals surface area (Å²) in [6, 6.07) is 0. The van der Waals surface area contributed by atoms with E-state index in [-0.39, 0.29) is 12.2 Å². The zero-order valence-corrected chi connectivity index (χ0v) is 16.7. The van der Waals surface area contributed by atoms with Gasteiger partial charge in [0, 0.05) is 17.6 Å². The Hall–Kier alpha value is -2.48. The third kappa shape index (κ3) is 3.55. The molecule has 1 amide bonds. The lowest BCUT2D eigenvalue weighted by Gasteiger charge is -2.08. The first-order valence-electron chi connectivity index (χ1n) is 8.38. The van der Waals surface area contributed by atoms with E-state index in [2.05, 4.69) is 10.4 Å². The number of ketones is 1. The standard InChI is InChI=1S/C18H23N3O4S/c1-7-12-11(5)26-17(14(12)18(24)25-8-2)19-16(23)15(22)13-9(3)20-21(6)10(13)4/h7-8H2,1-6H3,(H,19,23). The van der Waals surface area contributed by atoms with Crippen LogP contribution < -0.4 is 5.32 Å². The van der Waals surface area contributed by atoms with Gasteiger partial charge in [0.25, 0.3) is 11.7 Å². The molecule has 0 aliphatic carbocycles. The lowest BCUT2D eigenvalue weighted by molar-refractivity contribution is -0.112. The third-order valence-electron chi connectivity index (χ3n) is 4.21. The van der Waals surface area contributed by atoms with Crippen molar-refractivity contribution in [2.75, 3.05) is 11.9 Å². The molecule has 140 valence electrons. The molecule has 0 unspecified atom stereocenters. The number of aromatic nitrogens is 2. The molecule has 0 saturated heterocycles. The molecular formula is C18H23N3O4S. The Morgan fingerprint density at radius 3 is 2.31 bits per heavy atom. The van der Waals surface area contributed by atoms with Gasteiger partial charge in [0.2, 0.25) is 0 Å². The normalized spacial score (nSPS) is 10.7. The van der Waals surface area contributed by atoms with Gasteiger partial charge >= 0.3 is 5.97 Å². The zero-order chi connectivity index (χ0) is 19.6. The molecule has 0 bridgehead atoms. The summed E-state index contributed by atoms with van der Waals surface area (Å²) < 4.78 is 6.67. The Bertz CT molecular complexity index is 880. The average Bonchev–Trinajstić information content (AvgIpc) is 3.02. The predicted octanol–water partition coefficient (Wildman–Crippen LogP) is 2.97. The number of thiophene rings is 1. The first kappa shape index (κ1) is 19.8. The maximum Gasteiger partial charge on any atom is 0.341 e. The van der Waals surface area contributed by atoms with Crippen LogP contribution in [0.1, 0.15) is 56.4 Å². The highest BCUT2D eigenvalue weighted by Crippen LogP contribution is 2.34. The van der Waals surface area contributed by atoms with Crippen LogP contribution in [-0.4, -0.2) is 34.0 Å². The molecule has 2 aromatic heterocycles. The van der Waals surface area contributed by atoms with Gasteiger partial charge in [-0.15, -0.1) is 11.3 Å². The van der Waals surface area contributed by atoms with Gasteiger partial charge in [-0.25, -0.2) is 4.79 Å². The van der Waals surface area contributed by atoms with E-state index in [1.807, 2.05) is 13.8 Å². The van der Waals surface area contributed by atoms with Crippen LogP contribution in [0.2, 0.25) is 0 Å². The highest BCUT2D eigenvalue weighted by atomic mass is 32.1. The number of Topliss-reactive ketones (excluding diaryl/α,β-unsaturated/α-hetero) is 1. The fraction of sp³-hybridized carbons (Fsp3) is 0.444. The Kier molecular flexibility index (Phi) is 5.97. The summed E-state index contributed by atoms with van der Waals surface area (Å²) in [6.45, 7) is 9.17. The van der Waals surface area contributed by atoms with Gasteiger partial charge in [-0.2, -0.15) is 5.10 Å². The van der Waals surface area contributed by atoms with Crippen LogP contribution in [-0.2, 0) is 23.0 Å². The summed E-state index contributed by atoms with van der Waals surface area (Å²) in [4.78, 5) is 38.4. The number of hydrogen-bond acceptors (Lipinski definition) is 6. The number of rotatable bonds is 6. The highest BCUT2D eigenvalue weighted by molar-refractivity contribution is 7.17. The number of anilines is 1. The molecule has 0 aliphatic heterocycles. The van der Waals surface area contributed by atoms with Crippen molar-refractivity contribution in [1.82, 2.24) is 9.78 Å². The molecule has 2 rings (SSSR count). The maximum absolute atomic E-state index is 12.6. The summed E-state index contributed by atoms with van der Waals surface area (Å²) in [7, 11) is 1.71. The smallest absolute Gasteiger partial charge is 0.341 e. The van der Waals surface area contributed by atoms with Crippen LogP contribution in [0.3, 0.4) is 0 Å². The number of nitrogens with zero attached hydrogens (tertiary/aromatic N) is 2. The Morgan fingerprint density at radius 1 is 1.15 bits per heavy atom. The van der Waals surface area contributed by atoms with E-state index in [0.29, 0.717) is 28.4 Å². The first-order chi connectivity index (χ1) is 12.2. The zero-order valence-electron chi connectivity index (χ0n) is 15.8. The largest absolute Gasteiger partial charge is 0.462 e. The number of esters is 1. The quantitative estimate of drug-likeness (QED) is 0.475. The van der Waals surface area contributed by atoms with Crippen molar-refractivity contribution in [2.24, 2.45) is 7.05 Å².